The molecular formula is C27H29ClIN3. The van der Waals surface area contributed by atoms with Gasteiger partial charge in [-0.2, -0.15) is 0 Å². The van der Waals surface area contributed by atoms with Crippen LogP contribution in [0.3, 0.4) is 0 Å². The van der Waals surface area contributed by atoms with Gasteiger partial charge in [-0.25, -0.2) is 0 Å². The van der Waals surface area contributed by atoms with Crippen LogP contribution in [0.2, 0.25) is 5.02 Å². The number of fused-ring (bicyclic) bond motifs is 1. The van der Waals surface area contributed by atoms with Crippen LogP contribution in [-0.2, 0) is 18.4 Å². The van der Waals surface area contributed by atoms with Crippen LogP contribution in [0.5, 0.6) is 0 Å². The molecule has 3 aromatic carbocycles. The highest BCUT2D eigenvalue weighted by Gasteiger charge is 2.38. The average molecular weight is 560 g/mol. The topological polar surface area (TPSA) is 18.5 Å². The zero-order valence-electron chi connectivity index (χ0n) is 20.2. The van der Waals surface area contributed by atoms with E-state index in [1.165, 1.54) is 0 Å². The molecule has 0 spiro atoms. The van der Waals surface area contributed by atoms with E-state index in [2.05, 4.69) is 81.0 Å². The van der Waals surface area contributed by atoms with Gasteiger partial charge in [0.25, 0.3) is 0 Å². The molecule has 0 aromatic heterocycles. The van der Waals surface area contributed by atoms with Crippen LogP contribution >= 0.6 is 34.2 Å². The molecule has 5 heteroatoms. The van der Waals surface area contributed by atoms with Crippen LogP contribution in [0.4, 0.5) is 11.4 Å². The van der Waals surface area contributed by atoms with E-state index >= 15 is 0 Å². The molecule has 3 nitrogen and oxygen atoms in total. The van der Waals surface area contributed by atoms with Gasteiger partial charge in [-0.3, -0.25) is 0 Å². The van der Waals surface area contributed by atoms with E-state index in [0.717, 1.165) is 57.8 Å². The van der Waals surface area contributed by atoms with Gasteiger partial charge in [0, 0.05) is 66.0 Å². The Morgan fingerprint density at radius 2 is 1.72 bits per heavy atom. The number of rotatable bonds is 4. The van der Waals surface area contributed by atoms with Crippen molar-refractivity contribution in [3.05, 3.63) is 92.0 Å². The molecule has 0 amide bonds. The fourth-order valence-corrected chi connectivity index (χ4v) is 5.32. The summed E-state index contributed by atoms with van der Waals surface area (Å²) in [5.74, 6) is 0. The summed E-state index contributed by atoms with van der Waals surface area (Å²) >= 11 is 8.99. The Balaban J connectivity index is 1.70. The third kappa shape index (κ3) is 4.50. The third-order valence-corrected chi connectivity index (χ3v) is 7.34. The van der Waals surface area contributed by atoms with Gasteiger partial charge < -0.3 is 15.1 Å². The first-order chi connectivity index (χ1) is 16.4. The number of nitrogens with zero attached hydrogens (tertiary/aromatic N) is 2. The number of hydrogen-bond donors (Lipinski definition) is 1. The molecule has 32 heavy (non-hydrogen) atoms. The van der Waals surface area contributed by atoms with Crippen molar-refractivity contribution >= 4 is 45.6 Å². The summed E-state index contributed by atoms with van der Waals surface area (Å²) in [6.45, 7) is 5.61. The van der Waals surface area contributed by atoms with E-state index < -0.39 is 18.3 Å². The lowest BCUT2D eigenvalue weighted by atomic mass is 9.73. The van der Waals surface area contributed by atoms with Gasteiger partial charge in [0.1, 0.15) is 0 Å². The third-order valence-electron chi connectivity index (χ3n) is 6.40. The van der Waals surface area contributed by atoms with Crippen molar-refractivity contribution in [2.75, 3.05) is 42.5 Å². The van der Waals surface area contributed by atoms with Crippen LogP contribution in [-0.4, -0.2) is 32.7 Å². The molecule has 0 radical (unpaired) electrons. The van der Waals surface area contributed by atoms with Crippen molar-refractivity contribution in [2.24, 2.45) is 0 Å². The molecule has 5 rings (SSSR count). The monoisotopic (exact) mass is 559 g/mol. The van der Waals surface area contributed by atoms with Crippen LogP contribution < -0.4 is 15.1 Å². The second-order valence-electron chi connectivity index (χ2n) is 8.77. The number of hydrogen-bond acceptors (Lipinski definition) is 3. The quantitative estimate of drug-likeness (QED) is 0.403. The van der Waals surface area contributed by atoms with Gasteiger partial charge in [0.2, 0.25) is 0 Å². The fraction of sp³-hybridized carbons (Fsp3) is 0.333. The zero-order chi connectivity index (χ0) is 23.9. The highest BCUT2D eigenvalue weighted by Crippen LogP contribution is 2.45. The first-order valence-corrected chi connectivity index (χ1v) is 12.6. The highest BCUT2D eigenvalue weighted by molar-refractivity contribution is 14.1. The van der Waals surface area contributed by atoms with Crippen molar-refractivity contribution in [1.29, 1.82) is 0 Å². The normalized spacial score (nSPS) is 26.3. The number of halogens is 2. The second kappa shape index (κ2) is 9.24. The summed E-state index contributed by atoms with van der Waals surface area (Å²) < 4.78 is 20.3. The SMILES string of the molecule is [2H]C1c2c(N3CCNCC3)cc(Cl)cc2N(Cc2ccccc2)C([2H])C1(C)c1ccc(I)cc1. The standard InChI is InChI=1S/C27H29ClIN3/c1-27(21-7-9-23(29)10-8-21)17-24-25(31-13-11-30-12-14-31)15-22(28)16-26(24)32(19-27)18-20-5-3-2-4-6-20/h2-10,15-16,30H,11-14,17-19H2,1H3/i17D,19D. The molecule has 1 fully saturated rings. The molecule has 1 N–H and O–H groups in total. The number of nitrogens with one attached hydrogen (secondary N) is 1. The summed E-state index contributed by atoms with van der Waals surface area (Å²) in [6, 6.07) is 22.6. The molecule has 0 saturated carbocycles. The smallest absolute Gasteiger partial charge is 0.0502 e. The van der Waals surface area contributed by atoms with E-state index in [-0.39, 0.29) is 0 Å². The lowest BCUT2D eigenvalue weighted by Gasteiger charge is -2.45. The molecule has 0 bridgehead atoms. The Kier molecular flexibility index (Phi) is 5.68. The van der Waals surface area contributed by atoms with Crippen LogP contribution in [0.15, 0.2) is 66.7 Å². The highest BCUT2D eigenvalue weighted by atomic mass is 127. The molecule has 2 aliphatic heterocycles. The van der Waals surface area contributed by atoms with Crippen LogP contribution in [0, 0.1) is 3.57 Å². The van der Waals surface area contributed by atoms with Crippen molar-refractivity contribution in [1.82, 2.24) is 5.32 Å². The Morgan fingerprint density at radius 3 is 2.44 bits per heavy atom. The fourth-order valence-electron chi connectivity index (χ4n) is 4.75. The van der Waals surface area contributed by atoms with E-state index in [9.17, 15) is 2.74 Å². The molecule has 3 aromatic rings. The van der Waals surface area contributed by atoms with Gasteiger partial charge >= 0.3 is 0 Å². The maximum absolute atomic E-state index is 9.60. The lowest BCUT2D eigenvalue weighted by molar-refractivity contribution is 0.439. The maximum Gasteiger partial charge on any atom is 0.0502 e. The predicted octanol–water partition coefficient (Wildman–Crippen LogP) is 5.87. The second-order valence-corrected chi connectivity index (χ2v) is 10.5. The first-order valence-electron chi connectivity index (χ1n) is 12.3. The van der Waals surface area contributed by atoms with E-state index in [4.69, 9.17) is 11.6 Å². The van der Waals surface area contributed by atoms with Crippen molar-refractivity contribution in [3.8, 4) is 0 Å². The minimum absolute atomic E-state index is 0.593. The molecule has 3 unspecified atom stereocenters. The number of anilines is 2. The summed E-state index contributed by atoms with van der Waals surface area (Å²) in [7, 11) is 0. The van der Waals surface area contributed by atoms with Gasteiger partial charge in [0.05, 0.1) is 1.37 Å². The Labute approximate surface area is 212 Å². The number of piperazine rings is 1. The van der Waals surface area contributed by atoms with Gasteiger partial charge in [-0.05, 0) is 69.9 Å². The Morgan fingerprint density at radius 1 is 1.03 bits per heavy atom. The van der Waals surface area contributed by atoms with Crippen LogP contribution in [0.25, 0.3) is 0 Å². The molecule has 3 atom stereocenters. The minimum atomic E-state index is -0.720. The van der Waals surface area contributed by atoms with E-state index in [1.807, 2.05) is 30.3 Å². The van der Waals surface area contributed by atoms with E-state index in [0.29, 0.717) is 11.6 Å². The molecule has 2 heterocycles. The summed E-state index contributed by atoms with van der Waals surface area (Å²) in [5.41, 5.74) is 4.37. The Bertz CT molecular complexity index is 1150. The van der Waals surface area contributed by atoms with Crippen LogP contribution in [0.1, 0.15) is 26.4 Å². The number of benzene rings is 3. The molecule has 1 saturated heterocycles. The van der Waals surface area contributed by atoms with E-state index in [1.54, 1.807) is 0 Å². The van der Waals surface area contributed by atoms with Gasteiger partial charge in [-0.15, -0.1) is 0 Å². The maximum atomic E-state index is 9.60. The summed E-state index contributed by atoms with van der Waals surface area (Å²) in [4.78, 5) is 4.49. The minimum Gasteiger partial charge on any atom is -0.369 e. The lowest BCUT2D eigenvalue weighted by Crippen LogP contribution is -2.47. The molecular weight excluding hydrogens is 529 g/mol. The zero-order valence-corrected chi connectivity index (χ0v) is 21.1. The van der Waals surface area contributed by atoms with Crippen molar-refractivity contribution in [3.63, 3.8) is 0 Å². The Hall–Kier alpha value is -1.76. The molecule has 166 valence electrons. The van der Waals surface area contributed by atoms with Crippen molar-refractivity contribution < 1.29 is 2.74 Å². The van der Waals surface area contributed by atoms with Gasteiger partial charge in [0.15, 0.2) is 0 Å². The molecule has 2 aliphatic rings. The predicted molar refractivity (Wildman–Crippen MR) is 144 cm³/mol. The average Bonchev–Trinajstić information content (AvgIpc) is 2.86. The largest absolute Gasteiger partial charge is 0.369 e. The summed E-state index contributed by atoms with van der Waals surface area (Å²) in [6.07, 6.45) is -0.598. The first kappa shape index (κ1) is 19.7. The van der Waals surface area contributed by atoms with Gasteiger partial charge in [-0.1, -0.05) is 61.0 Å². The molecule has 0 aliphatic carbocycles. The summed E-state index contributed by atoms with van der Waals surface area (Å²) in [5, 5.41) is 4.08. The van der Waals surface area contributed by atoms with Crippen molar-refractivity contribution in [2.45, 2.75) is 25.3 Å².